The minimum Gasteiger partial charge on any atom is -0.394 e. The van der Waals surface area contributed by atoms with Crippen LogP contribution < -0.4 is 10.6 Å². The van der Waals surface area contributed by atoms with Crippen LogP contribution >= 0.6 is 0 Å². The number of urea groups is 1. The number of hydrogen-bond acceptors (Lipinski definition) is 2. The maximum Gasteiger partial charge on any atom is 0.315 e. The summed E-state index contributed by atoms with van der Waals surface area (Å²) in [5, 5.41) is 15.2. The number of carbonyl (C=O) groups excluding carboxylic acids is 1. The molecule has 0 spiro atoms. The molecule has 0 saturated carbocycles. The molecule has 0 bridgehead atoms. The molecule has 3 N–H and O–H groups in total. The fourth-order valence-electron chi connectivity index (χ4n) is 2.54. The Morgan fingerprint density at radius 1 is 1.36 bits per heavy atom. The van der Waals surface area contributed by atoms with Crippen molar-refractivity contribution in [2.24, 2.45) is 12.5 Å². The fourth-order valence-corrected chi connectivity index (χ4v) is 2.54. The Bertz CT molecular complexity index is 463. The van der Waals surface area contributed by atoms with E-state index in [1.807, 2.05) is 26.2 Å². The largest absolute Gasteiger partial charge is 0.394 e. The molecule has 0 aliphatic rings. The lowest BCUT2D eigenvalue weighted by atomic mass is 9.88. The molecule has 0 aliphatic heterocycles. The van der Waals surface area contributed by atoms with Crippen LogP contribution in [0.3, 0.4) is 0 Å². The molecule has 2 atom stereocenters. The normalized spacial score (nSPS) is 14.5. The first-order chi connectivity index (χ1) is 10.2. The summed E-state index contributed by atoms with van der Waals surface area (Å²) in [4.78, 5) is 12.0. The van der Waals surface area contributed by atoms with Crippen molar-refractivity contribution in [3.8, 4) is 0 Å². The van der Waals surface area contributed by atoms with Gasteiger partial charge in [0.25, 0.3) is 0 Å². The van der Waals surface area contributed by atoms with Crippen LogP contribution in [0.2, 0.25) is 0 Å². The molecule has 0 radical (unpaired) electrons. The molecule has 126 valence electrons. The lowest BCUT2D eigenvalue weighted by Crippen LogP contribution is -2.47. The second-order valence-electron chi connectivity index (χ2n) is 7.31. The first-order valence-electron chi connectivity index (χ1n) is 7.99. The number of carbonyl (C=O) groups is 1. The Morgan fingerprint density at radius 3 is 2.55 bits per heavy atom. The van der Waals surface area contributed by atoms with Gasteiger partial charge in [0.1, 0.15) is 0 Å². The van der Waals surface area contributed by atoms with Crippen LogP contribution in [0.25, 0.3) is 0 Å². The average Bonchev–Trinajstić information content (AvgIpc) is 2.79. The summed E-state index contributed by atoms with van der Waals surface area (Å²) in [5.41, 5.74) is 1.33. The predicted octanol–water partition coefficient (Wildman–Crippen LogP) is 2.44. The summed E-state index contributed by atoms with van der Waals surface area (Å²) in [5.74, 6) is 0. The summed E-state index contributed by atoms with van der Waals surface area (Å²) in [6.45, 7) is 8.25. The van der Waals surface area contributed by atoms with Gasteiger partial charge in [-0.3, -0.25) is 0 Å². The molecule has 1 aromatic rings. The number of aromatic nitrogens is 1. The molecule has 22 heavy (non-hydrogen) atoms. The van der Waals surface area contributed by atoms with E-state index in [-0.39, 0.29) is 30.1 Å². The molecule has 2 amide bonds. The van der Waals surface area contributed by atoms with Gasteiger partial charge in [-0.2, -0.15) is 0 Å². The zero-order chi connectivity index (χ0) is 16.8. The molecule has 1 rings (SSSR count). The van der Waals surface area contributed by atoms with Crippen LogP contribution in [-0.4, -0.2) is 34.4 Å². The molecule has 0 saturated heterocycles. The van der Waals surface area contributed by atoms with E-state index in [9.17, 15) is 9.90 Å². The Morgan fingerprint density at radius 2 is 2.05 bits per heavy atom. The van der Waals surface area contributed by atoms with Crippen molar-refractivity contribution in [2.45, 2.75) is 59.0 Å². The minimum atomic E-state index is -0.208. The highest BCUT2D eigenvalue weighted by Gasteiger charge is 2.20. The highest BCUT2D eigenvalue weighted by molar-refractivity contribution is 5.74. The second-order valence-corrected chi connectivity index (χ2v) is 7.31. The van der Waals surface area contributed by atoms with Gasteiger partial charge in [-0.1, -0.05) is 20.8 Å². The van der Waals surface area contributed by atoms with Crippen molar-refractivity contribution in [1.29, 1.82) is 0 Å². The van der Waals surface area contributed by atoms with Crippen LogP contribution in [0.5, 0.6) is 0 Å². The van der Waals surface area contributed by atoms with Gasteiger partial charge < -0.3 is 20.3 Å². The zero-order valence-corrected chi connectivity index (χ0v) is 14.5. The topological polar surface area (TPSA) is 66.3 Å². The molecule has 1 aromatic heterocycles. The molecule has 0 fully saturated rings. The fraction of sp³-hybridized carbons (Fsp3) is 0.706. The number of amides is 2. The van der Waals surface area contributed by atoms with E-state index in [1.54, 1.807) is 0 Å². The number of aryl methyl sites for hydroxylation is 2. The molecule has 2 unspecified atom stereocenters. The van der Waals surface area contributed by atoms with E-state index in [4.69, 9.17) is 0 Å². The standard InChI is InChI=1S/C17H31N3O2/c1-13(8-9-15-7-6-10-20(15)5)18-16(22)19-14(12-21)11-17(2,3)4/h6-7,10,13-14,21H,8-9,11-12H2,1-5H3,(H2,18,19,22). The minimum absolute atomic E-state index is 0.0393. The number of nitrogens with one attached hydrogen (secondary N) is 2. The Kier molecular flexibility index (Phi) is 6.94. The summed E-state index contributed by atoms with van der Waals surface area (Å²) in [7, 11) is 2.03. The smallest absolute Gasteiger partial charge is 0.315 e. The van der Waals surface area contributed by atoms with Gasteiger partial charge in [0.05, 0.1) is 12.6 Å². The van der Waals surface area contributed by atoms with E-state index in [1.165, 1.54) is 5.69 Å². The number of aliphatic hydroxyl groups is 1. The average molecular weight is 309 g/mol. The van der Waals surface area contributed by atoms with Gasteiger partial charge >= 0.3 is 6.03 Å². The van der Waals surface area contributed by atoms with E-state index in [0.717, 1.165) is 19.3 Å². The van der Waals surface area contributed by atoms with Crippen LogP contribution in [0.15, 0.2) is 18.3 Å². The van der Waals surface area contributed by atoms with Crippen LogP contribution in [0.4, 0.5) is 4.79 Å². The monoisotopic (exact) mass is 309 g/mol. The summed E-state index contributed by atoms with van der Waals surface area (Å²) in [6.07, 6.45) is 4.58. The van der Waals surface area contributed by atoms with Crippen molar-refractivity contribution in [2.75, 3.05) is 6.61 Å². The molecular weight excluding hydrogens is 278 g/mol. The lowest BCUT2D eigenvalue weighted by molar-refractivity contribution is 0.189. The van der Waals surface area contributed by atoms with Crippen molar-refractivity contribution in [3.05, 3.63) is 24.0 Å². The van der Waals surface area contributed by atoms with Gasteiger partial charge in [-0.15, -0.1) is 0 Å². The van der Waals surface area contributed by atoms with Crippen molar-refractivity contribution < 1.29 is 9.90 Å². The summed E-state index contributed by atoms with van der Waals surface area (Å²) < 4.78 is 2.10. The summed E-state index contributed by atoms with van der Waals surface area (Å²) in [6, 6.07) is 3.79. The highest BCUT2D eigenvalue weighted by Crippen LogP contribution is 2.20. The van der Waals surface area contributed by atoms with Gasteiger partial charge in [0.2, 0.25) is 0 Å². The van der Waals surface area contributed by atoms with Gasteiger partial charge in [-0.25, -0.2) is 4.79 Å². The van der Waals surface area contributed by atoms with Crippen molar-refractivity contribution >= 4 is 6.03 Å². The lowest BCUT2D eigenvalue weighted by Gasteiger charge is -2.26. The van der Waals surface area contributed by atoms with Gasteiger partial charge in [-0.05, 0) is 43.7 Å². The van der Waals surface area contributed by atoms with E-state index in [2.05, 4.69) is 42.0 Å². The predicted molar refractivity (Wildman–Crippen MR) is 89.8 cm³/mol. The first kappa shape index (κ1) is 18.6. The molecular formula is C17H31N3O2. The molecule has 5 nitrogen and oxygen atoms in total. The van der Waals surface area contributed by atoms with Crippen LogP contribution in [0, 0.1) is 5.41 Å². The van der Waals surface area contributed by atoms with Gasteiger partial charge in [0, 0.05) is 25.0 Å². The first-order valence-corrected chi connectivity index (χ1v) is 7.99. The third kappa shape index (κ3) is 6.98. The Labute approximate surface area is 134 Å². The number of nitrogens with zero attached hydrogens (tertiary/aromatic N) is 1. The number of aliphatic hydroxyl groups excluding tert-OH is 1. The molecule has 5 heteroatoms. The Hall–Kier alpha value is -1.49. The number of rotatable bonds is 7. The number of hydrogen-bond donors (Lipinski definition) is 3. The molecule has 1 heterocycles. The van der Waals surface area contributed by atoms with E-state index in [0.29, 0.717) is 0 Å². The molecule has 0 aromatic carbocycles. The third-order valence-corrected chi connectivity index (χ3v) is 3.68. The van der Waals surface area contributed by atoms with Crippen molar-refractivity contribution in [3.63, 3.8) is 0 Å². The maximum atomic E-state index is 12.0. The van der Waals surface area contributed by atoms with Crippen LogP contribution in [0.1, 0.15) is 46.2 Å². The maximum absolute atomic E-state index is 12.0. The quantitative estimate of drug-likeness (QED) is 0.724. The van der Waals surface area contributed by atoms with Crippen molar-refractivity contribution in [1.82, 2.24) is 15.2 Å². The van der Waals surface area contributed by atoms with E-state index >= 15 is 0 Å². The van der Waals surface area contributed by atoms with E-state index < -0.39 is 0 Å². The summed E-state index contributed by atoms with van der Waals surface area (Å²) >= 11 is 0. The van der Waals surface area contributed by atoms with Crippen LogP contribution in [-0.2, 0) is 13.5 Å². The SMILES string of the molecule is CC(CCc1cccn1C)NC(=O)NC(CO)CC(C)(C)C. The van der Waals surface area contributed by atoms with Gasteiger partial charge in [0.15, 0.2) is 0 Å². The highest BCUT2D eigenvalue weighted by atomic mass is 16.3. The zero-order valence-electron chi connectivity index (χ0n) is 14.5. The Balaban J connectivity index is 2.35. The molecule has 0 aliphatic carbocycles. The second kappa shape index (κ2) is 8.22. The third-order valence-electron chi connectivity index (χ3n) is 3.68.